The van der Waals surface area contributed by atoms with Crippen LogP contribution in [0.4, 0.5) is 0 Å². The summed E-state index contributed by atoms with van der Waals surface area (Å²) in [6.07, 6.45) is 5.12. The van der Waals surface area contributed by atoms with E-state index in [1.807, 2.05) is 0 Å². The Kier molecular flexibility index (Phi) is 3.87. The first-order valence-electron chi connectivity index (χ1n) is 4.79. The number of rotatable bonds is 3. The van der Waals surface area contributed by atoms with E-state index in [0.29, 0.717) is 6.04 Å². The Morgan fingerprint density at radius 2 is 1.91 bits per heavy atom. The van der Waals surface area contributed by atoms with Gasteiger partial charge in [0.15, 0.2) is 0 Å². The van der Waals surface area contributed by atoms with E-state index in [4.69, 9.17) is 5.73 Å². The van der Waals surface area contributed by atoms with Crippen LogP contribution in [0.3, 0.4) is 0 Å². The molecule has 0 amide bonds. The van der Waals surface area contributed by atoms with Crippen LogP contribution in [0.1, 0.15) is 32.6 Å². The van der Waals surface area contributed by atoms with Gasteiger partial charge in [-0.1, -0.05) is 6.92 Å². The molecule has 0 spiro atoms. The van der Waals surface area contributed by atoms with Crippen LogP contribution in [0, 0.1) is 5.92 Å². The first-order chi connectivity index (χ1) is 5.33. The molecule has 0 aromatic rings. The van der Waals surface area contributed by atoms with Gasteiger partial charge in [0.1, 0.15) is 0 Å². The standard InChI is InChI=1S/C9H20N2/c1-2-11-7-8-3-5-9(10)6-4-8/h8-9,11H,2-7,10H2,1H3. The molecule has 0 radical (unpaired) electrons. The maximum Gasteiger partial charge on any atom is 0.00390 e. The second-order valence-corrected chi connectivity index (χ2v) is 3.59. The van der Waals surface area contributed by atoms with Crippen LogP contribution >= 0.6 is 0 Å². The Bertz CT molecular complexity index is 93.0. The molecule has 1 rings (SSSR count). The van der Waals surface area contributed by atoms with E-state index in [1.54, 1.807) is 0 Å². The Labute approximate surface area is 69.5 Å². The molecule has 0 aromatic heterocycles. The fourth-order valence-electron chi connectivity index (χ4n) is 1.74. The third-order valence-corrected chi connectivity index (χ3v) is 2.57. The first kappa shape index (κ1) is 9.01. The Hall–Kier alpha value is -0.0800. The molecule has 1 aliphatic carbocycles. The largest absolute Gasteiger partial charge is 0.328 e. The Morgan fingerprint density at radius 3 is 2.45 bits per heavy atom. The van der Waals surface area contributed by atoms with Crippen molar-refractivity contribution in [3.63, 3.8) is 0 Å². The van der Waals surface area contributed by atoms with Crippen LogP contribution in [0.5, 0.6) is 0 Å². The lowest BCUT2D eigenvalue weighted by atomic mass is 9.86. The summed E-state index contributed by atoms with van der Waals surface area (Å²) in [4.78, 5) is 0. The van der Waals surface area contributed by atoms with Crippen molar-refractivity contribution in [1.82, 2.24) is 5.32 Å². The predicted molar refractivity (Wildman–Crippen MR) is 48.5 cm³/mol. The van der Waals surface area contributed by atoms with Crippen molar-refractivity contribution < 1.29 is 0 Å². The summed E-state index contributed by atoms with van der Waals surface area (Å²) in [5, 5.41) is 3.39. The monoisotopic (exact) mass is 156 g/mol. The molecule has 0 heterocycles. The normalized spacial score (nSPS) is 32.2. The lowest BCUT2D eigenvalue weighted by Gasteiger charge is -2.25. The van der Waals surface area contributed by atoms with E-state index in [1.165, 1.54) is 32.2 Å². The van der Waals surface area contributed by atoms with Crippen molar-refractivity contribution in [1.29, 1.82) is 0 Å². The molecule has 0 unspecified atom stereocenters. The minimum atomic E-state index is 0.493. The number of nitrogens with two attached hydrogens (primary N) is 1. The molecule has 3 N–H and O–H groups in total. The van der Waals surface area contributed by atoms with Gasteiger partial charge in [0, 0.05) is 6.04 Å². The molecule has 0 saturated heterocycles. The maximum atomic E-state index is 5.81. The zero-order valence-electron chi connectivity index (χ0n) is 7.47. The van der Waals surface area contributed by atoms with Gasteiger partial charge in [0.05, 0.1) is 0 Å². The lowest BCUT2D eigenvalue weighted by Crippen LogP contribution is -2.31. The third-order valence-electron chi connectivity index (χ3n) is 2.57. The van der Waals surface area contributed by atoms with Crippen molar-refractivity contribution in [2.45, 2.75) is 38.6 Å². The van der Waals surface area contributed by atoms with E-state index in [2.05, 4.69) is 12.2 Å². The molecule has 2 heteroatoms. The summed E-state index contributed by atoms with van der Waals surface area (Å²) in [7, 11) is 0. The zero-order valence-corrected chi connectivity index (χ0v) is 7.47. The SMILES string of the molecule is CCNCC1CCC(N)CC1. The van der Waals surface area contributed by atoms with E-state index in [-0.39, 0.29) is 0 Å². The van der Waals surface area contributed by atoms with Gasteiger partial charge in [-0.25, -0.2) is 0 Å². The summed E-state index contributed by atoms with van der Waals surface area (Å²) >= 11 is 0. The minimum absolute atomic E-state index is 0.493. The van der Waals surface area contributed by atoms with Gasteiger partial charge < -0.3 is 11.1 Å². The molecular formula is C9H20N2. The molecule has 1 fully saturated rings. The molecule has 11 heavy (non-hydrogen) atoms. The topological polar surface area (TPSA) is 38.0 Å². The molecule has 66 valence electrons. The quantitative estimate of drug-likeness (QED) is 0.642. The zero-order chi connectivity index (χ0) is 8.10. The van der Waals surface area contributed by atoms with Gasteiger partial charge in [-0.15, -0.1) is 0 Å². The highest BCUT2D eigenvalue weighted by Crippen LogP contribution is 2.22. The van der Waals surface area contributed by atoms with Crippen molar-refractivity contribution >= 4 is 0 Å². The van der Waals surface area contributed by atoms with E-state index < -0.39 is 0 Å². The van der Waals surface area contributed by atoms with Gasteiger partial charge in [0.25, 0.3) is 0 Å². The van der Waals surface area contributed by atoms with Crippen LogP contribution in [-0.4, -0.2) is 19.1 Å². The fourth-order valence-corrected chi connectivity index (χ4v) is 1.74. The smallest absolute Gasteiger partial charge is 0.00390 e. The molecule has 1 aliphatic rings. The second-order valence-electron chi connectivity index (χ2n) is 3.59. The Morgan fingerprint density at radius 1 is 1.27 bits per heavy atom. The third kappa shape index (κ3) is 3.21. The first-order valence-corrected chi connectivity index (χ1v) is 4.79. The number of nitrogens with one attached hydrogen (secondary N) is 1. The molecule has 0 bridgehead atoms. The molecule has 0 aliphatic heterocycles. The van der Waals surface area contributed by atoms with E-state index in [9.17, 15) is 0 Å². The molecule has 2 nitrogen and oxygen atoms in total. The highest BCUT2D eigenvalue weighted by atomic mass is 14.8. The van der Waals surface area contributed by atoms with E-state index >= 15 is 0 Å². The maximum absolute atomic E-state index is 5.81. The van der Waals surface area contributed by atoms with Gasteiger partial charge in [-0.05, 0) is 44.7 Å². The van der Waals surface area contributed by atoms with Crippen LogP contribution in [0.2, 0.25) is 0 Å². The van der Waals surface area contributed by atoms with Crippen LogP contribution in [0.25, 0.3) is 0 Å². The highest BCUT2D eigenvalue weighted by Gasteiger charge is 2.17. The Balaban J connectivity index is 2.07. The van der Waals surface area contributed by atoms with Gasteiger partial charge >= 0.3 is 0 Å². The van der Waals surface area contributed by atoms with Gasteiger partial charge in [-0.3, -0.25) is 0 Å². The minimum Gasteiger partial charge on any atom is -0.328 e. The van der Waals surface area contributed by atoms with Crippen LogP contribution in [0.15, 0.2) is 0 Å². The molecular weight excluding hydrogens is 136 g/mol. The fraction of sp³-hybridized carbons (Fsp3) is 1.00. The van der Waals surface area contributed by atoms with Crippen molar-refractivity contribution in [3.05, 3.63) is 0 Å². The number of hydrogen-bond acceptors (Lipinski definition) is 2. The van der Waals surface area contributed by atoms with Crippen LogP contribution in [-0.2, 0) is 0 Å². The van der Waals surface area contributed by atoms with Gasteiger partial charge in [-0.2, -0.15) is 0 Å². The molecule has 0 atom stereocenters. The molecule has 0 aromatic carbocycles. The summed E-state index contributed by atoms with van der Waals surface area (Å²) in [6, 6.07) is 0.493. The highest BCUT2D eigenvalue weighted by molar-refractivity contribution is 4.75. The van der Waals surface area contributed by atoms with Crippen LogP contribution < -0.4 is 11.1 Å². The summed E-state index contributed by atoms with van der Waals surface area (Å²) in [5.41, 5.74) is 5.81. The molecule has 1 saturated carbocycles. The van der Waals surface area contributed by atoms with Crippen molar-refractivity contribution in [2.24, 2.45) is 11.7 Å². The van der Waals surface area contributed by atoms with Gasteiger partial charge in [0.2, 0.25) is 0 Å². The second kappa shape index (κ2) is 4.73. The lowest BCUT2D eigenvalue weighted by molar-refractivity contribution is 0.316. The summed E-state index contributed by atoms with van der Waals surface area (Å²) in [6.45, 7) is 4.46. The van der Waals surface area contributed by atoms with Crippen molar-refractivity contribution in [2.75, 3.05) is 13.1 Å². The van der Waals surface area contributed by atoms with Crippen molar-refractivity contribution in [3.8, 4) is 0 Å². The average molecular weight is 156 g/mol. The predicted octanol–water partition coefficient (Wildman–Crippen LogP) is 1.11. The summed E-state index contributed by atoms with van der Waals surface area (Å²) in [5.74, 6) is 0.898. The average Bonchev–Trinajstić information content (AvgIpc) is 2.04. The summed E-state index contributed by atoms with van der Waals surface area (Å²) < 4.78 is 0. The number of hydrogen-bond donors (Lipinski definition) is 2. The van der Waals surface area contributed by atoms with E-state index in [0.717, 1.165) is 12.5 Å².